The van der Waals surface area contributed by atoms with Gasteiger partial charge in [0.25, 0.3) is 0 Å². The quantitative estimate of drug-likeness (QED) is 0.805. The van der Waals surface area contributed by atoms with Crippen LogP contribution in [0, 0.1) is 0 Å². The van der Waals surface area contributed by atoms with E-state index in [1.165, 1.54) is 0 Å². The van der Waals surface area contributed by atoms with E-state index in [1.54, 1.807) is 31.3 Å². The number of rotatable bonds is 5. The Morgan fingerprint density at radius 2 is 1.68 bits per heavy atom. The zero-order valence-corrected chi connectivity index (χ0v) is 10.5. The number of para-hydroxylation sites is 1. The molecule has 4 heteroatoms. The van der Waals surface area contributed by atoms with Crippen molar-refractivity contribution in [3.05, 3.63) is 53.6 Å². The summed E-state index contributed by atoms with van der Waals surface area (Å²) in [5.41, 5.74) is 3.52. The Morgan fingerprint density at radius 1 is 0.895 bits per heavy atom. The van der Waals surface area contributed by atoms with Crippen LogP contribution in [-0.2, 0) is 0 Å². The molecule has 0 amide bonds. The lowest BCUT2D eigenvalue weighted by atomic mass is 10.1. The first-order chi connectivity index (χ1) is 9.28. The molecule has 0 aliphatic heterocycles. The highest BCUT2D eigenvalue weighted by Crippen LogP contribution is 2.27. The van der Waals surface area contributed by atoms with Crippen molar-refractivity contribution in [3.63, 3.8) is 0 Å². The summed E-state index contributed by atoms with van der Waals surface area (Å²) in [5, 5.41) is 6.20. The summed E-state index contributed by atoms with van der Waals surface area (Å²) in [7, 11) is 1.78. The topological polar surface area (TPSA) is 58.2 Å². The average Bonchev–Trinajstić information content (AvgIpc) is 2.48. The molecule has 0 saturated heterocycles. The number of hydrogen-bond acceptors (Lipinski definition) is 4. The molecule has 2 aromatic rings. The summed E-state index contributed by atoms with van der Waals surface area (Å²) in [6.07, 6.45) is 1.60. The number of nitrogens with one attached hydrogen (secondary N) is 2. The van der Waals surface area contributed by atoms with Gasteiger partial charge in [-0.2, -0.15) is 0 Å². The van der Waals surface area contributed by atoms with Crippen LogP contribution in [0.3, 0.4) is 0 Å². The van der Waals surface area contributed by atoms with Crippen molar-refractivity contribution in [2.45, 2.75) is 0 Å². The van der Waals surface area contributed by atoms with Crippen molar-refractivity contribution < 1.29 is 9.59 Å². The lowest BCUT2D eigenvalue weighted by Crippen LogP contribution is -2.00. The molecule has 0 atom stereocenters. The van der Waals surface area contributed by atoms with Crippen LogP contribution in [-0.4, -0.2) is 19.6 Å². The Kier molecular flexibility index (Phi) is 3.93. The standard InChI is InChI=1S/C15H14N2O2/c1-16-15-8-11(9-18)6-7-14(15)17-13-5-3-2-4-12(13)10-19/h2-10,16-17H,1H3. The summed E-state index contributed by atoms with van der Waals surface area (Å²) in [6, 6.07) is 12.5. The van der Waals surface area contributed by atoms with E-state index in [4.69, 9.17) is 0 Å². The van der Waals surface area contributed by atoms with E-state index in [1.807, 2.05) is 18.2 Å². The fourth-order valence-electron chi connectivity index (χ4n) is 1.81. The second-order valence-electron chi connectivity index (χ2n) is 4.00. The number of carbonyl (C=O) groups is 2. The van der Waals surface area contributed by atoms with Gasteiger partial charge in [0.05, 0.1) is 11.4 Å². The predicted molar refractivity (Wildman–Crippen MR) is 76.5 cm³/mol. The van der Waals surface area contributed by atoms with Crippen LogP contribution in [0.4, 0.5) is 17.1 Å². The number of carbonyl (C=O) groups excluding carboxylic acids is 2. The van der Waals surface area contributed by atoms with Crippen molar-refractivity contribution in [1.82, 2.24) is 0 Å². The minimum Gasteiger partial charge on any atom is -0.386 e. The molecule has 0 aliphatic carbocycles. The molecule has 19 heavy (non-hydrogen) atoms. The van der Waals surface area contributed by atoms with Gasteiger partial charge < -0.3 is 10.6 Å². The van der Waals surface area contributed by atoms with Crippen LogP contribution in [0.5, 0.6) is 0 Å². The highest BCUT2D eigenvalue weighted by Gasteiger charge is 2.05. The largest absolute Gasteiger partial charge is 0.386 e. The van der Waals surface area contributed by atoms with Crippen LogP contribution in [0.2, 0.25) is 0 Å². The van der Waals surface area contributed by atoms with Gasteiger partial charge in [0.15, 0.2) is 6.29 Å². The van der Waals surface area contributed by atoms with E-state index in [-0.39, 0.29) is 0 Å². The molecule has 0 aliphatic rings. The third-order valence-electron chi connectivity index (χ3n) is 2.81. The third kappa shape index (κ3) is 2.80. The Labute approximate surface area is 111 Å². The first kappa shape index (κ1) is 12.8. The van der Waals surface area contributed by atoms with Gasteiger partial charge in [-0.3, -0.25) is 9.59 Å². The smallest absolute Gasteiger partial charge is 0.152 e. The van der Waals surface area contributed by atoms with Crippen molar-refractivity contribution in [2.24, 2.45) is 0 Å². The monoisotopic (exact) mass is 254 g/mol. The molecule has 0 unspecified atom stereocenters. The molecular formula is C15H14N2O2. The number of benzene rings is 2. The molecule has 2 N–H and O–H groups in total. The van der Waals surface area contributed by atoms with Crippen LogP contribution in [0.1, 0.15) is 20.7 Å². The molecule has 0 saturated carbocycles. The first-order valence-electron chi connectivity index (χ1n) is 5.86. The maximum atomic E-state index is 11.0. The minimum atomic E-state index is 0.587. The summed E-state index contributed by atoms with van der Waals surface area (Å²) >= 11 is 0. The fraction of sp³-hybridized carbons (Fsp3) is 0.0667. The zero-order valence-electron chi connectivity index (χ0n) is 10.5. The number of hydrogen-bond donors (Lipinski definition) is 2. The van der Waals surface area contributed by atoms with Gasteiger partial charge in [0.2, 0.25) is 0 Å². The summed E-state index contributed by atoms with van der Waals surface area (Å²) in [6.45, 7) is 0. The van der Waals surface area contributed by atoms with E-state index in [9.17, 15) is 9.59 Å². The Bertz CT molecular complexity index is 609. The lowest BCUT2D eigenvalue weighted by molar-refractivity contribution is 0.111. The average molecular weight is 254 g/mol. The first-order valence-corrected chi connectivity index (χ1v) is 5.86. The zero-order chi connectivity index (χ0) is 13.7. The molecule has 96 valence electrons. The van der Waals surface area contributed by atoms with Gasteiger partial charge in [-0.15, -0.1) is 0 Å². The Hall–Kier alpha value is -2.62. The van der Waals surface area contributed by atoms with E-state index in [2.05, 4.69) is 10.6 Å². The summed E-state index contributed by atoms with van der Waals surface area (Å²) in [5.74, 6) is 0. The molecule has 0 aromatic heterocycles. The molecule has 2 aromatic carbocycles. The van der Waals surface area contributed by atoms with Crippen LogP contribution < -0.4 is 10.6 Å². The van der Waals surface area contributed by atoms with Crippen LogP contribution in [0.15, 0.2) is 42.5 Å². The Morgan fingerprint density at radius 3 is 2.37 bits per heavy atom. The fourth-order valence-corrected chi connectivity index (χ4v) is 1.81. The third-order valence-corrected chi connectivity index (χ3v) is 2.81. The van der Waals surface area contributed by atoms with Crippen molar-refractivity contribution >= 4 is 29.6 Å². The normalized spacial score (nSPS) is 9.74. The highest BCUT2D eigenvalue weighted by molar-refractivity contribution is 5.89. The molecule has 4 nitrogen and oxygen atoms in total. The van der Waals surface area contributed by atoms with E-state index in [0.717, 1.165) is 29.6 Å². The van der Waals surface area contributed by atoms with Crippen molar-refractivity contribution in [2.75, 3.05) is 17.7 Å². The maximum Gasteiger partial charge on any atom is 0.152 e. The number of anilines is 3. The molecule has 0 spiro atoms. The van der Waals surface area contributed by atoms with E-state index >= 15 is 0 Å². The van der Waals surface area contributed by atoms with Gasteiger partial charge in [0.1, 0.15) is 6.29 Å². The van der Waals surface area contributed by atoms with Crippen LogP contribution in [0.25, 0.3) is 0 Å². The summed E-state index contributed by atoms with van der Waals surface area (Å²) < 4.78 is 0. The second-order valence-corrected chi connectivity index (χ2v) is 4.00. The van der Waals surface area contributed by atoms with Gasteiger partial charge in [-0.25, -0.2) is 0 Å². The number of aldehydes is 2. The highest BCUT2D eigenvalue weighted by atomic mass is 16.1. The van der Waals surface area contributed by atoms with E-state index < -0.39 is 0 Å². The van der Waals surface area contributed by atoms with Gasteiger partial charge >= 0.3 is 0 Å². The molecule has 0 radical (unpaired) electrons. The van der Waals surface area contributed by atoms with Gasteiger partial charge in [-0.1, -0.05) is 12.1 Å². The lowest BCUT2D eigenvalue weighted by Gasteiger charge is -2.13. The minimum absolute atomic E-state index is 0.587. The molecule has 0 heterocycles. The predicted octanol–water partition coefficient (Wildman–Crippen LogP) is 3.10. The molecule has 0 fully saturated rings. The van der Waals surface area contributed by atoms with E-state index in [0.29, 0.717) is 11.1 Å². The second kappa shape index (κ2) is 5.82. The summed E-state index contributed by atoms with van der Waals surface area (Å²) in [4.78, 5) is 21.7. The van der Waals surface area contributed by atoms with Crippen LogP contribution >= 0.6 is 0 Å². The Balaban J connectivity index is 2.37. The SMILES string of the molecule is CNc1cc(C=O)ccc1Nc1ccccc1C=O. The molecule has 2 rings (SSSR count). The maximum absolute atomic E-state index is 11.0. The van der Waals surface area contributed by atoms with Crippen molar-refractivity contribution in [1.29, 1.82) is 0 Å². The van der Waals surface area contributed by atoms with Gasteiger partial charge in [-0.05, 0) is 30.3 Å². The molecular weight excluding hydrogens is 240 g/mol. The van der Waals surface area contributed by atoms with Gasteiger partial charge in [0, 0.05) is 23.9 Å². The molecule has 0 bridgehead atoms. The van der Waals surface area contributed by atoms with Crippen molar-refractivity contribution in [3.8, 4) is 0 Å².